The number of carbonyl (C=O) groups excluding carboxylic acids is 1. The summed E-state index contributed by atoms with van der Waals surface area (Å²) in [6.45, 7) is 0.825. The van der Waals surface area contributed by atoms with Gasteiger partial charge in [-0.25, -0.2) is 13.1 Å². The molecule has 24 heavy (non-hydrogen) atoms. The van der Waals surface area contributed by atoms with Gasteiger partial charge in [-0.1, -0.05) is 6.42 Å². The third-order valence-electron chi connectivity index (χ3n) is 4.25. The smallest absolute Gasteiger partial charge is 0.244 e. The normalized spacial score (nSPS) is 21.3. The average Bonchev–Trinajstić information content (AvgIpc) is 3.39. The van der Waals surface area contributed by atoms with Crippen LogP contribution < -0.4 is 20.1 Å². The van der Waals surface area contributed by atoms with E-state index in [-0.39, 0.29) is 28.6 Å². The van der Waals surface area contributed by atoms with Crippen molar-refractivity contribution in [3.8, 4) is 5.75 Å². The maximum absolute atomic E-state index is 12.5. The van der Waals surface area contributed by atoms with E-state index in [4.69, 9.17) is 4.74 Å². The molecule has 7 nitrogen and oxygen atoms in total. The highest BCUT2D eigenvalue weighted by molar-refractivity contribution is 7.89. The summed E-state index contributed by atoms with van der Waals surface area (Å²) < 4.78 is 32.8. The molecule has 1 heterocycles. The Morgan fingerprint density at radius 2 is 2.04 bits per heavy atom. The molecule has 0 bridgehead atoms. The standard InChI is InChI=1S/C16H23N3O4S/c1-23-14-8-7-12(18-16(20)13-4-2-3-9-17-13)10-15(14)24(21,22)19-11-5-6-11/h7-8,10-11,13,17,19H,2-6,9H2,1H3,(H,18,20). The molecule has 2 aliphatic rings. The largest absolute Gasteiger partial charge is 0.495 e. The van der Waals surface area contributed by atoms with Gasteiger partial charge in [0, 0.05) is 11.7 Å². The summed E-state index contributed by atoms with van der Waals surface area (Å²) in [5.41, 5.74) is 0.448. The summed E-state index contributed by atoms with van der Waals surface area (Å²) in [6, 6.07) is 4.43. The number of hydrogen-bond acceptors (Lipinski definition) is 5. The molecule has 0 spiro atoms. The summed E-state index contributed by atoms with van der Waals surface area (Å²) in [7, 11) is -2.24. The van der Waals surface area contributed by atoms with Gasteiger partial charge in [0.2, 0.25) is 15.9 Å². The van der Waals surface area contributed by atoms with Crippen molar-refractivity contribution in [3.63, 3.8) is 0 Å². The molecule has 1 saturated heterocycles. The zero-order valence-corrected chi connectivity index (χ0v) is 14.5. The van der Waals surface area contributed by atoms with E-state index in [0.717, 1.165) is 38.6 Å². The Morgan fingerprint density at radius 1 is 1.25 bits per heavy atom. The molecular formula is C16H23N3O4S. The molecule has 3 N–H and O–H groups in total. The monoisotopic (exact) mass is 353 g/mol. The second kappa shape index (κ2) is 7.08. The van der Waals surface area contributed by atoms with E-state index in [1.165, 1.54) is 13.2 Å². The second-order valence-corrected chi connectivity index (χ2v) is 7.94. The van der Waals surface area contributed by atoms with Gasteiger partial charge in [0.05, 0.1) is 13.2 Å². The lowest BCUT2D eigenvalue weighted by molar-refractivity contribution is -0.118. The Morgan fingerprint density at radius 3 is 2.67 bits per heavy atom. The molecule has 3 rings (SSSR count). The van der Waals surface area contributed by atoms with Crippen molar-refractivity contribution in [2.24, 2.45) is 0 Å². The molecule has 1 aliphatic heterocycles. The van der Waals surface area contributed by atoms with E-state index in [0.29, 0.717) is 5.69 Å². The summed E-state index contributed by atoms with van der Waals surface area (Å²) in [4.78, 5) is 12.3. The van der Waals surface area contributed by atoms with Crippen molar-refractivity contribution in [1.29, 1.82) is 0 Å². The number of rotatable bonds is 6. The Kier molecular flexibility index (Phi) is 5.07. The molecule has 1 aliphatic carbocycles. The van der Waals surface area contributed by atoms with Crippen LogP contribution in [0, 0.1) is 0 Å². The number of anilines is 1. The van der Waals surface area contributed by atoms with Gasteiger partial charge in [-0.15, -0.1) is 0 Å². The topological polar surface area (TPSA) is 96.5 Å². The zero-order valence-electron chi connectivity index (χ0n) is 13.7. The molecule has 1 atom stereocenters. The van der Waals surface area contributed by atoms with Crippen molar-refractivity contribution in [1.82, 2.24) is 10.0 Å². The van der Waals surface area contributed by atoms with Crippen molar-refractivity contribution in [2.75, 3.05) is 19.0 Å². The molecule has 8 heteroatoms. The molecule has 1 amide bonds. The third-order valence-corrected chi connectivity index (χ3v) is 5.79. The highest BCUT2D eigenvalue weighted by Crippen LogP contribution is 2.30. The molecule has 2 fully saturated rings. The average molecular weight is 353 g/mol. The minimum absolute atomic E-state index is 0.00407. The fraction of sp³-hybridized carbons (Fsp3) is 0.562. The van der Waals surface area contributed by atoms with Gasteiger partial charge in [-0.3, -0.25) is 4.79 Å². The SMILES string of the molecule is COc1ccc(NC(=O)C2CCCCN2)cc1S(=O)(=O)NC1CC1. The molecule has 0 radical (unpaired) electrons. The summed E-state index contributed by atoms with van der Waals surface area (Å²) >= 11 is 0. The van der Waals surface area contributed by atoms with E-state index in [1.807, 2.05) is 0 Å². The van der Waals surface area contributed by atoms with Crippen LogP contribution in [-0.4, -0.2) is 40.1 Å². The van der Waals surface area contributed by atoms with E-state index >= 15 is 0 Å². The maximum Gasteiger partial charge on any atom is 0.244 e. The molecular weight excluding hydrogens is 330 g/mol. The highest BCUT2D eigenvalue weighted by Gasteiger charge is 2.30. The lowest BCUT2D eigenvalue weighted by Crippen LogP contribution is -2.43. The second-order valence-electron chi connectivity index (χ2n) is 6.25. The first-order valence-corrected chi connectivity index (χ1v) is 9.72. The Labute approximate surface area is 142 Å². The van der Waals surface area contributed by atoms with Crippen LogP contribution in [-0.2, 0) is 14.8 Å². The van der Waals surface area contributed by atoms with Gasteiger partial charge in [0.15, 0.2) is 0 Å². The van der Waals surface area contributed by atoms with Gasteiger partial charge in [0.1, 0.15) is 10.6 Å². The first-order chi connectivity index (χ1) is 11.5. The first-order valence-electron chi connectivity index (χ1n) is 8.24. The maximum atomic E-state index is 12.5. The number of nitrogens with one attached hydrogen (secondary N) is 3. The predicted molar refractivity (Wildman–Crippen MR) is 90.6 cm³/mol. The van der Waals surface area contributed by atoms with Crippen molar-refractivity contribution >= 4 is 21.6 Å². The van der Waals surface area contributed by atoms with Gasteiger partial charge < -0.3 is 15.4 Å². The number of ether oxygens (including phenoxy) is 1. The number of sulfonamides is 1. The Balaban J connectivity index is 1.79. The molecule has 132 valence electrons. The van der Waals surface area contributed by atoms with Crippen LogP contribution in [0.1, 0.15) is 32.1 Å². The van der Waals surface area contributed by atoms with Gasteiger partial charge in [0.25, 0.3) is 0 Å². The zero-order chi connectivity index (χ0) is 17.2. The summed E-state index contributed by atoms with van der Waals surface area (Å²) in [5.74, 6) is 0.121. The van der Waals surface area contributed by atoms with Crippen LogP contribution in [0.25, 0.3) is 0 Å². The number of methoxy groups -OCH3 is 1. The lowest BCUT2D eigenvalue weighted by Gasteiger charge is -2.22. The van der Waals surface area contributed by atoms with Gasteiger partial charge >= 0.3 is 0 Å². The van der Waals surface area contributed by atoms with Crippen LogP contribution in [0.4, 0.5) is 5.69 Å². The Bertz CT molecular complexity index is 710. The number of carbonyl (C=O) groups is 1. The summed E-state index contributed by atoms with van der Waals surface area (Å²) in [5, 5.41) is 5.97. The van der Waals surface area contributed by atoms with Gasteiger partial charge in [-0.2, -0.15) is 0 Å². The molecule has 0 aromatic heterocycles. The van der Waals surface area contributed by atoms with Crippen molar-refractivity contribution in [3.05, 3.63) is 18.2 Å². The molecule has 1 saturated carbocycles. The van der Waals surface area contributed by atoms with Gasteiger partial charge in [-0.05, 0) is 50.4 Å². The highest BCUT2D eigenvalue weighted by atomic mass is 32.2. The first kappa shape index (κ1) is 17.2. The lowest BCUT2D eigenvalue weighted by atomic mass is 10.0. The van der Waals surface area contributed by atoms with Crippen LogP contribution in [0.2, 0.25) is 0 Å². The van der Waals surface area contributed by atoms with Crippen LogP contribution >= 0.6 is 0 Å². The Hall–Kier alpha value is -1.64. The number of benzene rings is 1. The number of hydrogen-bond donors (Lipinski definition) is 3. The summed E-state index contributed by atoms with van der Waals surface area (Å²) in [6.07, 6.45) is 4.58. The quantitative estimate of drug-likeness (QED) is 0.714. The molecule has 1 aromatic rings. The van der Waals surface area contributed by atoms with Crippen molar-refractivity contribution < 1.29 is 17.9 Å². The minimum Gasteiger partial charge on any atom is -0.495 e. The third kappa shape index (κ3) is 4.06. The van der Waals surface area contributed by atoms with Crippen LogP contribution in [0.3, 0.4) is 0 Å². The minimum atomic E-state index is -3.66. The van der Waals surface area contributed by atoms with Crippen molar-refractivity contribution in [2.45, 2.75) is 49.1 Å². The van der Waals surface area contributed by atoms with E-state index in [2.05, 4.69) is 15.4 Å². The molecule has 1 aromatic carbocycles. The fourth-order valence-corrected chi connectivity index (χ4v) is 4.25. The van der Waals surface area contributed by atoms with Crippen LogP contribution in [0.5, 0.6) is 5.75 Å². The molecule has 1 unspecified atom stereocenters. The van der Waals surface area contributed by atoms with E-state index in [9.17, 15) is 13.2 Å². The van der Waals surface area contributed by atoms with Crippen LogP contribution in [0.15, 0.2) is 23.1 Å². The van der Waals surface area contributed by atoms with E-state index in [1.54, 1.807) is 12.1 Å². The predicted octanol–water partition coefficient (Wildman–Crippen LogP) is 1.22. The van der Waals surface area contributed by atoms with E-state index < -0.39 is 10.0 Å². The number of piperidine rings is 1. The number of amides is 1. The fourth-order valence-electron chi connectivity index (χ4n) is 2.75.